The maximum absolute atomic E-state index is 3.51. The zero-order valence-corrected chi connectivity index (χ0v) is 15.8. The summed E-state index contributed by atoms with van der Waals surface area (Å²) in [4.78, 5) is 0. The van der Waals surface area contributed by atoms with E-state index < -0.39 is 0 Å². The van der Waals surface area contributed by atoms with E-state index in [0.717, 1.165) is 12.3 Å². The van der Waals surface area contributed by atoms with E-state index in [4.69, 9.17) is 0 Å². The van der Waals surface area contributed by atoms with Gasteiger partial charge in [-0.25, -0.2) is 0 Å². The summed E-state index contributed by atoms with van der Waals surface area (Å²) in [5, 5.41) is 0. The maximum Gasteiger partial charge on any atom is 0.0202 e. The molecule has 0 nitrogen and oxygen atoms in total. The standard InChI is InChI=1S/C21H38S/c1-2-19-22-20-15-10-8-6-4-3-5-7-9-12-16-21-17-13-11-14-18-21/h21H,2-11,13-15,17-20H2,1H3. The van der Waals surface area contributed by atoms with Gasteiger partial charge in [0.2, 0.25) is 0 Å². The van der Waals surface area contributed by atoms with Gasteiger partial charge in [0.05, 0.1) is 0 Å². The van der Waals surface area contributed by atoms with Crippen molar-refractivity contribution in [3.63, 3.8) is 0 Å². The van der Waals surface area contributed by atoms with E-state index in [0.29, 0.717) is 0 Å². The van der Waals surface area contributed by atoms with Gasteiger partial charge in [0.15, 0.2) is 0 Å². The lowest BCUT2D eigenvalue weighted by Crippen LogP contribution is -2.02. The number of hydrogen-bond acceptors (Lipinski definition) is 1. The summed E-state index contributed by atoms with van der Waals surface area (Å²) in [7, 11) is 0. The van der Waals surface area contributed by atoms with Gasteiger partial charge in [0, 0.05) is 12.3 Å². The van der Waals surface area contributed by atoms with E-state index in [-0.39, 0.29) is 0 Å². The first-order valence-electron chi connectivity index (χ1n) is 9.99. The van der Waals surface area contributed by atoms with E-state index in [2.05, 4.69) is 30.5 Å². The average molecular weight is 323 g/mol. The van der Waals surface area contributed by atoms with E-state index in [9.17, 15) is 0 Å². The number of unbranched alkanes of at least 4 members (excludes halogenated alkanes) is 8. The molecule has 0 aromatic carbocycles. The molecule has 0 spiro atoms. The molecule has 22 heavy (non-hydrogen) atoms. The quantitative estimate of drug-likeness (QED) is 0.270. The number of rotatable bonds is 12. The van der Waals surface area contributed by atoms with Crippen molar-refractivity contribution in [2.45, 2.75) is 103 Å². The monoisotopic (exact) mass is 322 g/mol. The SMILES string of the molecule is CCCSCCCCCCCCCCC#CC1CCCCC1. The summed E-state index contributed by atoms with van der Waals surface area (Å²) in [5.74, 6) is 10.4. The molecular weight excluding hydrogens is 284 g/mol. The fourth-order valence-electron chi connectivity index (χ4n) is 3.19. The predicted molar refractivity (Wildman–Crippen MR) is 104 cm³/mol. The molecule has 1 rings (SSSR count). The molecule has 0 bridgehead atoms. The van der Waals surface area contributed by atoms with Crippen LogP contribution in [0.3, 0.4) is 0 Å². The van der Waals surface area contributed by atoms with Crippen LogP contribution in [-0.4, -0.2) is 11.5 Å². The van der Waals surface area contributed by atoms with Gasteiger partial charge in [-0.05, 0) is 43.6 Å². The minimum atomic E-state index is 0.740. The topological polar surface area (TPSA) is 0 Å². The van der Waals surface area contributed by atoms with Crippen LogP contribution in [0.5, 0.6) is 0 Å². The van der Waals surface area contributed by atoms with Crippen molar-refractivity contribution in [3.8, 4) is 11.8 Å². The molecular formula is C21H38S. The average Bonchev–Trinajstić information content (AvgIpc) is 2.56. The van der Waals surface area contributed by atoms with Crippen LogP contribution in [0.25, 0.3) is 0 Å². The fraction of sp³-hybridized carbons (Fsp3) is 0.905. The first-order chi connectivity index (χ1) is 10.9. The molecule has 0 N–H and O–H groups in total. The Morgan fingerprint density at radius 3 is 2.09 bits per heavy atom. The lowest BCUT2D eigenvalue weighted by atomic mass is 9.90. The van der Waals surface area contributed by atoms with Gasteiger partial charge in [-0.15, -0.1) is 5.92 Å². The summed E-state index contributed by atoms with van der Waals surface area (Å²) in [6, 6.07) is 0. The molecule has 0 atom stereocenters. The Kier molecular flexibility index (Phi) is 14.3. The van der Waals surface area contributed by atoms with Crippen LogP contribution < -0.4 is 0 Å². The van der Waals surface area contributed by atoms with Crippen LogP contribution in [0.4, 0.5) is 0 Å². The van der Waals surface area contributed by atoms with Gasteiger partial charge in [0.1, 0.15) is 0 Å². The highest BCUT2D eigenvalue weighted by Gasteiger charge is 2.09. The molecule has 0 amide bonds. The molecule has 0 heterocycles. The molecule has 0 radical (unpaired) electrons. The molecule has 1 fully saturated rings. The van der Waals surface area contributed by atoms with Crippen LogP contribution in [0.2, 0.25) is 0 Å². The highest BCUT2D eigenvalue weighted by atomic mass is 32.2. The molecule has 1 aliphatic carbocycles. The lowest BCUT2D eigenvalue weighted by molar-refractivity contribution is 0.430. The Morgan fingerprint density at radius 2 is 1.41 bits per heavy atom. The molecule has 0 aromatic rings. The summed E-state index contributed by atoms with van der Waals surface area (Å²) in [5.41, 5.74) is 0. The molecule has 0 aliphatic heterocycles. The van der Waals surface area contributed by atoms with E-state index >= 15 is 0 Å². The molecule has 1 aliphatic rings. The van der Waals surface area contributed by atoms with Gasteiger partial charge in [-0.2, -0.15) is 11.8 Å². The predicted octanol–water partition coefficient (Wildman–Crippen LogP) is 7.22. The lowest BCUT2D eigenvalue weighted by Gasteiger charge is -2.15. The number of thioether (sulfide) groups is 1. The third-order valence-electron chi connectivity index (χ3n) is 4.60. The van der Waals surface area contributed by atoms with Crippen LogP contribution >= 0.6 is 11.8 Å². The van der Waals surface area contributed by atoms with Gasteiger partial charge in [-0.1, -0.05) is 70.6 Å². The normalized spacial score (nSPS) is 15.5. The second-order valence-electron chi connectivity index (χ2n) is 6.85. The van der Waals surface area contributed by atoms with Crippen molar-refractivity contribution in [1.29, 1.82) is 0 Å². The Labute approximate surface area is 144 Å². The van der Waals surface area contributed by atoms with Crippen molar-refractivity contribution in [1.82, 2.24) is 0 Å². The van der Waals surface area contributed by atoms with E-state index in [1.165, 1.54) is 101 Å². The fourth-order valence-corrected chi connectivity index (χ4v) is 4.09. The second-order valence-corrected chi connectivity index (χ2v) is 8.07. The van der Waals surface area contributed by atoms with E-state index in [1.54, 1.807) is 0 Å². The zero-order chi connectivity index (χ0) is 15.7. The third-order valence-corrected chi connectivity index (χ3v) is 5.87. The van der Waals surface area contributed by atoms with Crippen molar-refractivity contribution < 1.29 is 0 Å². The van der Waals surface area contributed by atoms with Crippen LogP contribution in [0.1, 0.15) is 103 Å². The highest BCUT2D eigenvalue weighted by Crippen LogP contribution is 2.22. The van der Waals surface area contributed by atoms with Gasteiger partial charge in [-0.3, -0.25) is 0 Å². The minimum Gasteiger partial charge on any atom is -0.162 e. The van der Waals surface area contributed by atoms with Crippen LogP contribution in [-0.2, 0) is 0 Å². The Balaban J connectivity index is 1.75. The third kappa shape index (κ3) is 12.5. The van der Waals surface area contributed by atoms with Crippen molar-refractivity contribution in [2.75, 3.05) is 11.5 Å². The number of hydrogen-bond donors (Lipinski definition) is 0. The molecule has 1 heteroatoms. The smallest absolute Gasteiger partial charge is 0.0202 e. The van der Waals surface area contributed by atoms with Crippen molar-refractivity contribution >= 4 is 11.8 Å². The summed E-state index contributed by atoms with van der Waals surface area (Å²) in [6.45, 7) is 2.27. The molecule has 0 unspecified atom stereocenters. The largest absolute Gasteiger partial charge is 0.162 e. The Bertz CT molecular complexity index is 280. The molecule has 1 saturated carbocycles. The van der Waals surface area contributed by atoms with E-state index in [1.807, 2.05) is 0 Å². The first-order valence-corrected chi connectivity index (χ1v) is 11.1. The Morgan fingerprint density at radius 1 is 0.773 bits per heavy atom. The van der Waals surface area contributed by atoms with Crippen LogP contribution in [0.15, 0.2) is 0 Å². The summed E-state index contributed by atoms with van der Waals surface area (Å²) in [6.07, 6.45) is 20.8. The highest BCUT2D eigenvalue weighted by molar-refractivity contribution is 7.99. The van der Waals surface area contributed by atoms with Crippen molar-refractivity contribution in [2.24, 2.45) is 5.92 Å². The maximum atomic E-state index is 3.51. The molecule has 0 aromatic heterocycles. The van der Waals surface area contributed by atoms with Crippen LogP contribution in [0, 0.1) is 17.8 Å². The second kappa shape index (κ2) is 15.8. The first kappa shape index (κ1) is 20.0. The zero-order valence-electron chi connectivity index (χ0n) is 15.0. The van der Waals surface area contributed by atoms with Crippen molar-refractivity contribution in [3.05, 3.63) is 0 Å². The molecule has 0 saturated heterocycles. The van der Waals surface area contributed by atoms with Gasteiger partial charge >= 0.3 is 0 Å². The summed E-state index contributed by atoms with van der Waals surface area (Å²) >= 11 is 2.13. The van der Waals surface area contributed by atoms with Gasteiger partial charge < -0.3 is 0 Å². The summed E-state index contributed by atoms with van der Waals surface area (Å²) < 4.78 is 0. The van der Waals surface area contributed by atoms with Gasteiger partial charge in [0.25, 0.3) is 0 Å². The molecule has 128 valence electrons. The minimum absolute atomic E-state index is 0.740. The Hall–Kier alpha value is -0.0900.